The van der Waals surface area contributed by atoms with Gasteiger partial charge in [0.1, 0.15) is 0 Å². The molecule has 0 spiro atoms. The van der Waals surface area contributed by atoms with E-state index in [2.05, 4.69) is 19.9 Å². The number of nitrogens with zero attached hydrogens (tertiary/aromatic N) is 1. The maximum Gasteiger partial charge on any atom is 0.0689 e. The van der Waals surface area contributed by atoms with Gasteiger partial charge in [0.2, 0.25) is 0 Å². The molecule has 23 heavy (non-hydrogen) atoms. The minimum atomic E-state index is 0.0388. The zero-order chi connectivity index (χ0) is 16.5. The minimum Gasteiger partial charge on any atom is -0.198 e. The normalized spacial score (nSPS) is 34.9. The Hall–Kier alpha value is -0.510. The molecule has 0 radical (unpaired) electrons. The zero-order valence-electron chi connectivity index (χ0n) is 15.8. The van der Waals surface area contributed by atoms with Crippen LogP contribution in [-0.4, -0.2) is 0 Å². The van der Waals surface area contributed by atoms with Crippen LogP contribution in [-0.2, 0) is 0 Å². The van der Waals surface area contributed by atoms with Crippen LogP contribution in [0, 0.1) is 34.5 Å². The Morgan fingerprint density at radius 2 is 1.65 bits per heavy atom. The van der Waals surface area contributed by atoms with Crippen LogP contribution in [0.1, 0.15) is 110 Å². The molecular weight excluding hydrogens is 278 g/mol. The van der Waals surface area contributed by atoms with Crippen molar-refractivity contribution in [2.75, 3.05) is 0 Å². The first-order valence-corrected chi connectivity index (χ1v) is 10.6. The van der Waals surface area contributed by atoms with Crippen molar-refractivity contribution in [3.63, 3.8) is 0 Å². The number of rotatable bonds is 8. The van der Waals surface area contributed by atoms with E-state index in [0.717, 1.165) is 17.8 Å². The van der Waals surface area contributed by atoms with Gasteiger partial charge in [0.05, 0.1) is 11.5 Å². The van der Waals surface area contributed by atoms with Gasteiger partial charge < -0.3 is 0 Å². The molecule has 0 heterocycles. The Kier molecular flexibility index (Phi) is 7.94. The quantitative estimate of drug-likeness (QED) is 0.432. The van der Waals surface area contributed by atoms with Gasteiger partial charge in [-0.15, -0.1) is 0 Å². The smallest absolute Gasteiger partial charge is 0.0689 e. The highest BCUT2D eigenvalue weighted by Crippen LogP contribution is 2.48. The Morgan fingerprint density at radius 3 is 2.30 bits per heavy atom. The summed E-state index contributed by atoms with van der Waals surface area (Å²) in [6, 6.07) is 2.78. The SMILES string of the molecule is CCCCC[C@]1(C#N)CCC[C@@H](C2CCC(CCCC)CC2)C1. The van der Waals surface area contributed by atoms with Gasteiger partial charge in [-0.2, -0.15) is 5.26 Å². The Morgan fingerprint density at radius 1 is 0.913 bits per heavy atom. The third-order valence-corrected chi connectivity index (χ3v) is 6.90. The van der Waals surface area contributed by atoms with Crippen molar-refractivity contribution in [3.8, 4) is 6.07 Å². The minimum absolute atomic E-state index is 0.0388. The summed E-state index contributed by atoms with van der Waals surface area (Å²) in [4.78, 5) is 0. The van der Waals surface area contributed by atoms with E-state index in [1.54, 1.807) is 0 Å². The van der Waals surface area contributed by atoms with Crippen LogP contribution in [0.25, 0.3) is 0 Å². The number of nitriles is 1. The first kappa shape index (κ1) is 18.8. The molecule has 132 valence electrons. The summed E-state index contributed by atoms with van der Waals surface area (Å²) in [5.41, 5.74) is 0.0388. The molecule has 2 saturated carbocycles. The first-order valence-electron chi connectivity index (χ1n) is 10.6. The van der Waals surface area contributed by atoms with Crippen molar-refractivity contribution in [2.45, 2.75) is 110 Å². The van der Waals surface area contributed by atoms with Crippen LogP contribution >= 0.6 is 0 Å². The average Bonchev–Trinajstić information content (AvgIpc) is 2.61. The molecule has 0 bridgehead atoms. The average molecular weight is 318 g/mol. The third-order valence-electron chi connectivity index (χ3n) is 6.90. The van der Waals surface area contributed by atoms with Crippen molar-refractivity contribution < 1.29 is 0 Å². The summed E-state index contributed by atoms with van der Waals surface area (Å²) in [7, 11) is 0. The van der Waals surface area contributed by atoms with Crippen molar-refractivity contribution in [1.29, 1.82) is 5.26 Å². The molecule has 2 atom stereocenters. The fourth-order valence-electron chi connectivity index (χ4n) is 5.35. The van der Waals surface area contributed by atoms with Crippen molar-refractivity contribution >= 4 is 0 Å². The number of hydrogen-bond donors (Lipinski definition) is 0. The molecule has 0 aromatic carbocycles. The van der Waals surface area contributed by atoms with Gasteiger partial charge in [0.15, 0.2) is 0 Å². The third kappa shape index (κ3) is 5.51. The van der Waals surface area contributed by atoms with Gasteiger partial charge in [-0.1, -0.05) is 78.1 Å². The van der Waals surface area contributed by atoms with E-state index in [1.807, 2.05) is 0 Å². The van der Waals surface area contributed by atoms with E-state index < -0.39 is 0 Å². The van der Waals surface area contributed by atoms with Crippen LogP contribution in [0.5, 0.6) is 0 Å². The first-order chi connectivity index (χ1) is 11.2. The lowest BCUT2D eigenvalue weighted by Crippen LogP contribution is -2.32. The number of unbranched alkanes of at least 4 members (excludes halogenated alkanes) is 3. The highest BCUT2D eigenvalue weighted by atomic mass is 14.5. The molecule has 2 rings (SSSR count). The molecule has 0 saturated heterocycles. The fourth-order valence-corrected chi connectivity index (χ4v) is 5.35. The maximum absolute atomic E-state index is 9.85. The second-order valence-electron chi connectivity index (χ2n) is 8.63. The molecule has 0 unspecified atom stereocenters. The molecule has 2 aliphatic rings. The van der Waals surface area contributed by atoms with E-state index in [9.17, 15) is 5.26 Å². The lowest BCUT2D eigenvalue weighted by Gasteiger charge is -2.42. The molecule has 0 N–H and O–H groups in total. The second-order valence-corrected chi connectivity index (χ2v) is 8.63. The van der Waals surface area contributed by atoms with Crippen LogP contribution in [0.4, 0.5) is 0 Å². The van der Waals surface area contributed by atoms with Gasteiger partial charge in [-0.05, 0) is 49.9 Å². The highest BCUT2D eigenvalue weighted by Gasteiger charge is 2.39. The fraction of sp³-hybridized carbons (Fsp3) is 0.955. The van der Waals surface area contributed by atoms with Crippen LogP contribution < -0.4 is 0 Å². The topological polar surface area (TPSA) is 23.8 Å². The molecule has 0 aromatic rings. The van der Waals surface area contributed by atoms with E-state index in [4.69, 9.17) is 0 Å². The van der Waals surface area contributed by atoms with Gasteiger partial charge in [0, 0.05) is 0 Å². The molecule has 0 aromatic heterocycles. The van der Waals surface area contributed by atoms with Crippen molar-refractivity contribution in [3.05, 3.63) is 0 Å². The molecule has 1 nitrogen and oxygen atoms in total. The predicted octanol–water partition coefficient (Wildman–Crippen LogP) is 7.26. The molecular formula is C22H39N. The van der Waals surface area contributed by atoms with Crippen molar-refractivity contribution in [2.24, 2.45) is 23.2 Å². The van der Waals surface area contributed by atoms with E-state index in [1.165, 1.54) is 96.3 Å². The van der Waals surface area contributed by atoms with Crippen molar-refractivity contribution in [1.82, 2.24) is 0 Å². The molecule has 2 fully saturated rings. The summed E-state index contributed by atoms with van der Waals surface area (Å²) < 4.78 is 0. The zero-order valence-corrected chi connectivity index (χ0v) is 15.8. The van der Waals surface area contributed by atoms with Gasteiger partial charge >= 0.3 is 0 Å². The Balaban J connectivity index is 1.82. The molecule has 2 aliphatic carbocycles. The predicted molar refractivity (Wildman–Crippen MR) is 99.1 cm³/mol. The lowest BCUT2D eigenvalue weighted by atomic mass is 9.62. The number of hydrogen-bond acceptors (Lipinski definition) is 1. The largest absolute Gasteiger partial charge is 0.198 e. The van der Waals surface area contributed by atoms with Crippen LogP contribution in [0.2, 0.25) is 0 Å². The lowest BCUT2D eigenvalue weighted by molar-refractivity contribution is 0.102. The van der Waals surface area contributed by atoms with E-state index in [-0.39, 0.29) is 5.41 Å². The van der Waals surface area contributed by atoms with Crippen LogP contribution in [0.3, 0.4) is 0 Å². The Bertz CT molecular complexity index is 361. The second kappa shape index (κ2) is 9.71. The monoisotopic (exact) mass is 317 g/mol. The van der Waals surface area contributed by atoms with Gasteiger partial charge in [0.25, 0.3) is 0 Å². The summed E-state index contributed by atoms with van der Waals surface area (Å²) >= 11 is 0. The molecule has 0 amide bonds. The van der Waals surface area contributed by atoms with Gasteiger partial charge in [-0.25, -0.2) is 0 Å². The summed E-state index contributed by atoms with van der Waals surface area (Å²) in [5.74, 6) is 2.81. The summed E-state index contributed by atoms with van der Waals surface area (Å²) in [6.07, 6.45) is 20.2. The van der Waals surface area contributed by atoms with Crippen LogP contribution in [0.15, 0.2) is 0 Å². The highest BCUT2D eigenvalue weighted by molar-refractivity contribution is 5.03. The standard InChI is InChI=1S/C22H39N/c1-3-5-7-15-22(18-23)16-8-10-21(17-22)20-13-11-19(12-14-20)9-6-4-2/h19-21H,3-17H2,1-2H3/t19?,20?,21-,22+/m1/s1. The van der Waals surface area contributed by atoms with Gasteiger partial charge in [-0.3, -0.25) is 0 Å². The molecule has 1 heteroatoms. The molecule has 0 aliphatic heterocycles. The summed E-state index contributed by atoms with van der Waals surface area (Å²) in [6.45, 7) is 4.58. The van der Waals surface area contributed by atoms with E-state index in [0.29, 0.717) is 0 Å². The summed E-state index contributed by atoms with van der Waals surface area (Å²) in [5, 5.41) is 9.85. The van der Waals surface area contributed by atoms with E-state index >= 15 is 0 Å². The Labute approximate surface area is 145 Å². The maximum atomic E-state index is 9.85.